The van der Waals surface area contributed by atoms with Crippen LogP contribution in [0, 0.1) is 0 Å². The Balaban J connectivity index is 1.59. The van der Waals surface area contributed by atoms with Crippen LogP contribution in [0.1, 0.15) is 22.8 Å². The molecule has 0 atom stereocenters. The minimum Gasteiger partial charge on any atom is -0.490 e. The maximum atomic E-state index is 13.0. The lowest BCUT2D eigenvalue weighted by molar-refractivity contribution is -0.113. The SMILES string of the molecule is CCOc1cc(C=C2SC(=S)N(c3cccc(Cl)c3)C2=O)ccc1OC(=O)c1ccccc1. The largest absolute Gasteiger partial charge is 0.490 e. The molecule has 1 aliphatic rings. The van der Waals surface area contributed by atoms with Gasteiger partial charge in [0.1, 0.15) is 0 Å². The molecule has 1 saturated heterocycles. The minimum atomic E-state index is -0.480. The normalized spacial score (nSPS) is 14.6. The highest BCUT2D eigenvalue weighted by Crippen LogP contribution is 2.38. The first kappa shape index (κ1) is 23.0. The maximum absolute atomic E-state index is 13.0. The lowest BCUT2D eigenvalue weighted by Crippen LogP contribution is -2.27. The third-order valence-corrected chi connectivity index (χ3v) is 6.17. The van der Waals surface area contributed by atoms with Crippen molar-refractivity contribution in [1.29, 1.82) is 0 Å². The third-order valence-electron chi connectivity index (χ3n) is 4.64. The summed E-state index contributed by atoms with van der Waals surface area (Å²) in [4.78, 5) is 27.4. The number of rotatable bonds is 6. The molecule has 0 saturated carbocycles. The summed E-state index contributed by atoms with van der Waals surface area (Å²) in [6.07, 6.45) is 1.73. The van der Waals surface area contributed by atoms with Gasteiger partial charge >= 0.3 is 5.97 Å². The van der Waals surface area contributed by atoms with Crippen molar-refractivity contribution in [3.8, 4) is 11.5 Å². The smallest absolute Gasteiger partial charge is 0.343 e. The number of benzene rings is 3. The lowest BCUT2D eigenvalue weighted by atomic mass is 10.1. The number of ether oxygens (including phenoxy) is 2. The number of amides is 1. The second-order valence-corrected chi connectivity index (χ2v) is 9.00. The Hall–Kier alpha value is -3.13. The Morgan fingerprint density at radius 2 is 1.85 bits per heavy atom. The molecule has 3 aromatic rings. The number of thioether (sulfide) groups is 1. The van der Waals surface area contributed by atoms with E-state index in [-0.39, 0.29) is 5.91 Å². The molecule has 0 bridgehead atoms. The molecule has 1 amide bonds. The Kier molecular flexibility index (Phi) is 7.13. The highest BCUT2D eigenvalue weighted by atomic mass is 35.5. The van der Waals surface area contributed by atoms with Gasteiger partial charge in [-0.1, -0.05) is 65.9 Å². The van der Waals surface area contributed by atoms with Crippen molar-refractivity contribution in [2.45, 2.75) is 6.92 Å². The lowest BCUT2D eigenvalue weighted by Gasteiger charge is -2.14. The molecule has 8 heteroatoms. The Labute approximate surface area is 205 Å². The van der Waals surface area contributed by atoms with E-state index in [4.69, 9.17) is 33.3 Å². The molecule has 4 rings (SSSR count). The molecule has 0 aliphatic carbocycles. The van der Waals surface area contributed by atoms with Crippen molar-refractivity contribution in [2.75, 3.05) is 11.5 Å². The molecular formula is C25H18ClNO4S2. The predicted octanol–water partition coefficient (Wildman–Crippen LogP) is 6.36. The Morgan fingerprint density at radius 3 is 2.58 bits per heavy atom. The van der Waals surface area contributed by atoms with Crippen LogP contribution in [0.5, 0.6) is 11.5 Å². The quantitative estimate of drug-likeness (QED) is 0.171. The predicted molar refractivity (Wildman–Crippen MR) is 136 cm³/mol. The molecule has 1 aliphatic heterocycles. The van der Waals surface area contributed by atoms with E-state index in [1.165, 1.54) is 16.7 Å². The molecule has 0 spiro atoms. The first-order chi connectivity index (χ1) is 16.0. The Morgan fingerprint density at radius 1 is 1.06 bits per heavy atom. The molecule has 5 nitrogen and oxygen atoms in total. The summed E-state index contributed by atoms with van der Waals surface area (Å²) in [5.41, 5.74) is 1.77. The van der Waals surface area contributed by atoms with Crippen LogP contribution in [0.25, 0.3) is 6.08 Å². The standard InChI is InChI=1S/C25H18ClNO4S2/c1-2-30-21-13-16(11-12-20(21)31-24(29)17-7-4-3-5-8-17)14-22-23(28)27(25(32)33-22)19-10-6-9-18(26)15-19/h3-15H,2H2,1H3. The van der Waals surface area contributed by atoms with Gasteiger partial charge in [0.05, 0.1) is 22.8 Å². The number of carbonyl (C=O) groups is 2. The van der Waals surface area contributed by atoms with Crippen LogP contribution in [-0.4, -0.2) is 22.8 Å². The summed E-state index contributed by atoms with van der Waals surface area (Å²) in [6, 6.07) is 20.8. The van der Waals surface area contributed by atoms with E-state index in [1.54, 1.807) is 72.8 Å². The van der Waals surface area contributed by atoms with Crippen LogP contribution < -0.4 is 14.4 Å². The van der Waals surface area contributed by atoms with Crippen LogP contribution in [-0.2, 0) is 4.79 Å². The van der Waals surface area contributed by atoms with Gasteiger partial charge in [-0.05, 0) is 61.0 Å². The molecular weight excluding hydrogens is 478 g/mol. The molecule has 3 aromatic carbocycles. The number of halogens is 1. The average Bonchev–Trinajstić information content (AvgIpc) is 3.08. The highest BCUT2D eigenvalue weighted by Gasteiger charge is 2.33. The molecule has 0 unspecified atom stereocenters. The number of esters is 1. The summed E-state index contributed by atoms with van der Waals surface area (Å²) in [5, 5.41) is 0.521. The van der Waals surface area contributed by atoms with Crippen molar-refractivity contribution < 1.29 is 19.1 Å². The van der Waals surface area contributed by atoms with Crippen molar-refractivity contribution >= 4 is 63.5 Å². The first-order valence-electron chi connectivity index (χ1n) is 10.0. The first-order valence-corrected chi connectivity index (χ1v) is 11.6. The van der Waals surface area contributed by atoms with Gasteiger partial charge in [0, 0.05) is 5.02 Å². The zero-order valence-electron chi connectivity index (χ0n) is 17.5. The molecule has 0 aromatic heterocycles. The fourth-order valence-electron chi connectivity index (χ4n) is 3.16. The van der Waals surface area contributed by atoms with Crippen molar-refractivity contribution in [3.63, 3.8) is 0 Å². The van der Waals surface area contributed by atoms with Crippen LogP contribution >= 0.6 is 35.6 Å². The van der Waals surface area contributed by atoms with Gasteiger partial charge in [-0.15, -0.1) is 0 Å². The van der Waals surface area contributed by atoms with Crippen molar-refractivity contribution in [1.82, 2.24) is 0 Å². The van der Waals surface area contributed by atoms with Crippen LogP contribution in [0.15, 0.2) is 77.7 Å². The second-order valence-electron chi connectivity index (χ2n) is 6.89. The molecule has 1 fully saturated rings. The summed E-state index contributed by atoms with van der Waals surface area (Å²) >= 11 is 12.7. The zero-order valence-corrected chi connectivity index (χ0v) is 19.9. The van der Waals surface area contributed by atoms with Gasteiger partial charge in [0.2, 0.25) is 0 Å². The number of nitrogens with zero attached hydrogens (tertiary/aromatic N) is 1. The number of hydrogen-bond donors (Lipinski definition) is 0. The average molecular weight is 496 g/mol. The number of carbonyl (C=O) groups excluding carboxylic acids is 2. The van der Waals surface area contributed by atoms with E-state index in [0.29, 0.717) is 49.2 Å². The van der Waals surface area contributed by atoms with Crippen LogP contribution in [0.3, 0.4) is 0 Å². The summed E-state index contributed by atoms with van der Waals surface area (Å²) in [5.74, 6) is -0.00770. The van der Waals surface area contributed by atoms with Gasteiger partial charge in [0.15, 0.2) is 15.8 Å². The second kappa shape index (κ2) is 10.2. The van der Waals surface area contributed by atoms with E-state index in [2.05, 4.69) is 0 Å². The Bertz CT molecular complexity index is 1260. The highest BCUT2D eigenvalue weighted by molar-refractivity contribution is 8.27. The summed E-state index contributed by atoms with van der Waals surface area (Å²) < 4.78 is 11.6. The van der Waals surface area contributed by atoms with E-state index in [0.717, 1.165) is 0 Å². The molecule has 0 radical (unpaired) electrons. The fraction of sp³-hybridized carbons (Fsp3) is 0.0800. The maximum Gasteiger partial charge on any atom is 0.343 e. The van der Waals surface area contributed by atoms with Crippen molar-refractivity contribution in [3.05, 3.63) is 93.9 Å². The minimum absolute atomic E-state index is 0.232. The van der Waals surface area contributed by atoms with Gasteiger partial charge in [-0.3, -0.25) is 9.69 Å². The van der Waals surface area contributed by atoms with Gasteiger partial charge in [-0.2, -0.15) is 0 Å². The summed E-state index contributed by atoms with van der Waals surface area (Å²) in [6.45, 7) is 2.22. The molecule has 1 heterocycles. The number of anilines is 1. The molecule has 33 heavy (non-hydrogen) atoms. The third kappa shape index (κ3) is 5.27. The van der Waals surface area contributed by atoms with Gasteiger partial charge < -0.3 is 9.47 Å². The van der Waals surface area contributed by atoms with E-state index in [9.17, 15) is 9.59 Å². The fourth-order valence-corrected chi connectivity index (χ4v) is 4.64. The monoisotopic (exact) mass is 495 g/mol. The molecule has 166 valence electrons. The zero-order chi connectivity index (χ0) is 23.4. The number of hydrogen-bond acceptors (Lipinski definition) is 6. The van der Waals surface area contributed by atoms with E-state index in [1.807, 2.05) is 13.0 Å². The van der Waals surface area contributed by atoms with Crippen molar-refractivity contribution in [2.24, 2.45) is 0 Å². The topological polar surface area (TPSA) is 55.8 Å². The number of thiocarbonyl (C=S) groups is 1. The van der Waals surface area contributed by atoms with Crippen LogP contribution in [0.4, 0.5) is 5.69 Å². The van der Waals surface area contributed by atoms with E-state index >= 15 is 0 Å². The summed E-state index contributed by atoms with van der Waals surface area (Å²) in [7, 11) is 0. The van der Waals surface area contributed by atoms with Crippen LogP contribution in [0.2, 0.25) is 5.02 Å². The molecule has 0 N–H and O–H groups in total. The van der Waals surface area contributed by atoms with Gasteiger partial charge in [0.25, 0.3) is 5.91 Å². The van der Waals surface area contributed by atoms with Gasteiger partial charge in [-0.25, -0.2) is 4.79 Å². The van der Waals surface area contributed by atoms with E-state index < -0.39 is 5.97 Å².